The number of carbonyl (C=O) groups is 1. The van der Waals surface area contributed by atoms with Crippen LogP contribution in [-0.4, -0.2) is 40.9 Å². The lowest BCUT2D eigenvalue weighted by atomic mass is 10.1. The Balaban J connectivity index is 3.01. The van der Waals surface area contributed by atoms with E-state index in [2.05, 4.69) is 33.3 Å². The van der Waals surface area contributed by atoms with Crippen molar-refractivity contribution < 1.29 is 4.79 Å². The molecule has 0 aliphatic rings. The van der Waals surface area contributed by atoms with Crippen LogP contribution in [0.25, 0.3) is 0 Å². The number of nitrogen functional groups attached to an aromatic ring is 1. The third-order valence-electron chi connectivity index (χ3n) is 2.92. The number of halogens is 1. The fourth-order valence-corrected chi connectivity index (χ4v) is 2.94. The van der Waals surface area contributed by atoms with Crippen LogP contribution in [0.3, 0.4) is 0 Å². The predicted molar refractivity (Wildman–Crippen MR) is 84.3 cm³/mol. The average Bonchev–Trinajstić information content (AvgIpc) is 2.43. The molecule has 0 aliphatic heterocycles. The van der Waals surface area contributed by atoms with Gasteiger partial charge in [-0.3, -0.25) is 4.79 Å². The molecule has 1 rings (SSSR count). The van der Waals surface area contributed by atoms with Gasteiger partial charge in [0.05, 0.1) is 5.56 Å². The predicted octanol–water partition coefficient (Wildman–Crippen LogP) is 2.34. The number of amides is 1. The van der Waals surface area contributed by atoms with Gasteiger partial charge in [-0.25, -0.2) is 10.8 Å². The van der Waals surface area contributed by atoms with Gasteiger partial charge in [-0.1, -0.05) is 6.92 Å². The van der Waals surface area contributed by atoms with E-state index in [9.17, 15) is 4.79 Å². The van der Waals surface area contributed by atoms with Crippen LogP contribution in [0, 0.1) is 0 Å². The standard InChI is InChI=1S/C12H19BrN4OS/c1-4-9(7-19-3)17(2)12(18)10-5-8(13)6-15-11(10)16-14/h5-6,9H,4,7,14H2,1-3H3,(H,15,16). The topological polar surface area (TPSA) is 71.2 Å². The minimum absolute atomic E-state index is 0.0809. The van der Waals surface area contributed by atoms with Crippen LogP contribution in [-0.2, 0) is 0 Å². The Bertz CT molecular complexity index is 444. The Morgan fingerprint density at radius 3 is 2.89 bits per heavy atom. The van der Waals surface area contributed by atoms with E-state index < -0.39 is 0 Å². The van der Waals surface area contributed by atoms with E-state index in [1.165, 1.54) is 0 Å². The van der Waals surface area contributed by atoms with Gasteiger partial charge in [0.1, 0.15) is 0 Å². The Labute approximate surface area is 126 Å². The van der Waals surface area contributed by atoms with E-state index in [0.717, 1.165) is 16.6 Å². The highest BCUT2D eigenvalue weighted by Crippen LogP contribution is 2.20. The average molecular weight is 347 g/mol. The highest BCUT2D eigenvalue weighted by atomic mass is 79.9. The van der Waals surface area contributed by atoms with Crippen LogP contribution < -0.4 is 11.3 Å². The van der Waals surface area contributed by atoms with Gasteiger partial charge in [-0.15, -0.1) is 0 Å². The van der Waals surface area contributed by atoms with Gasteiger partial charge in [0.15, 0.2) is 5.82 Å². The number of nitrogens with two attached hydrogens (primary N) is 1. The third kappa shape index (κ3) is 4.09. The molecule has 5 nitrogen and oxygen atoms in total. The molecule has 0 aliphatic carbocycles. The maximum Gasteiger partial charge on any atom is 0.257 e. The van der Waals surface area contributed by atoms with E-state index in [4.69, 9.17) is 5.84 Å². The fraction of sp³-hybridized carbons (Fsp3) is 0.500. The second-order valence-corrected chi connectivity index (χ2v) is 5.95. The third-order valence-corrected chi connectivity index (χ3v) is 4.07. The first-order chi connectivity index (χ1) is 9.04. The molecular weight excluding hydrogens is 328 g/mol. The van der Waals surface area contributed by atoms with Gasteiger partial charge in [-0.2, -0.15) is 11.8 Å². The van der Waals surface area contributed by atoms with Crippen LogP contribution in [0.4, 0.5) is 5.82 Å². The number of nitrogens with one attached hydrogen (secondary N) is 1. The number of hydrazine groups is 1. The molecule has 19 heavy (non-hydrogen) atoms. The van der Waals surface area contributed by atoms with E-state index in [1.54, 1.807) is 28.9 Å². The Morgan fingerprint density at radius 1 is 1.68 bits per heavy atom. The van der Waals surface area contributed by atoms with E-state index >= 15 is 0 Å². The first kappa shape index (κ1) is 16.3. The lowest BCUT2D eigenvalue weighted by molar-refractivity contribution is 0.0744. The first-order valence-corrected chi connectivity index (χ1v) is 8.12. The summed E-state index contributed by atoms with van der Waals surface area (Å²) in [4.78, 5) is 18.4. The summed E-state index contributed by atoms with van der Waals surface area (Å²) < 4.78 is 0.751. The highest BCUT2D eigenvalue weighted by Gasteiger charge is 2.22. The quantitative estimate of drug-likeness (QED) is 0.611. The molecule has 1 unspecified atom stereocenters. The van der Waals surface area contributed by atoms with Gasteiger partial charge in [0, 0.05) is 29.5 Å². The van der Waals surface area contributed by atoms with Crippen molar-refractivity contribution in [1.82, 2.24) is 9.88 Å². The number of thioether (sulfide) groups is 1. The molecule has 0 fully saturated rings. The monoisotopic (exact) mass is 346 g/mol. The van der Waals surface area contributed by atoms with Gasteiger partial charge in [-0.05, 0) is 34.7 Å². The number of hydrogen-bond acceptors (Lipinski definition) is 5. The molecule has 1 aromatic rings. The lowest BCUT2D eigenvalue weighted by Crippen LogP contribution is -2.38. The summed E-state index contributed by atoms with van der Waals surface area (Å²) in [5.74, 6) is 6.62. The normalized spacial score (nSPS) is 12.1. The second-order valence-electron chi connectivity index (χ2n) is 4.13. The number of hydrogen-bond donors (Lipinski definition) is 2. The van der Waals surface area contributed by atoms with Crippen LogP contribution in [0.5, 0.6) is 0 Å². The van der Waals surface area contributed by atoms with Crippen LogP contribution in [0.1, 0.15) is 23.7 Å². The number of pyridine rings is 1. The summed E-state index contributed by atoms with van der Waals surface area (Å²) >= 11 is 5.05. The molecule has 106 valence electrons. The molecule has 1 atom stereocenters. The van der Waals surface area contributed by atoms with Crippen molar-refractivity contribution in [2.24, 2.45) is 5.84 Å². The van der Waals surface area contributed by atoms with Crippen molar-refractivity contribution in [3.05, 3.63) is 22.3 Å². The zero-order chi connectivity index (χ0) is 14.4. The van der Waals surface area contributed by atoms with Crippen LogP contribution in [0.15, 0.2) is 16.7 Å². The number of rotatable bonds is 6. The molecule has 3 N–H and O–H groups in total. The summed E-state index contributed by atoms with van der Waals surface area (Å²) in [5, 5.41) is 0. The van der Waals surface area contributed by atoms with Gasteiger partial charge in [0.25, 0.3) is 5.91 Å². The zero-order valence-corrected chi connectivity index (χ0v) is 13.7. The summed E-state index contributed by atoms with van der Waals surface area (Å²) in [6.07, 6.45) is 4.55. The van der Waals surface area contributed by atoms with Crippen LogP contribution >= 0.6 is 27.7 Å². The Hall–Kier alpha value is -0.790. The minimum Gasteiger partial charge on any atom is -0.338 e. The first-order valence-electron chi connectivity index (χ1n) is 5.93. The molecular formula is C12H19BrN4OS. The van der Waals surface area contributed by atoms with E-state index in [0.29, 0.717) is 11.4 Å². The van der Waals surface area contributed by atoms with Gasteiger partial charge >= 0.3 is 0 Å². The molecule has 0 bridgehead atoms. The summed E-state index contributed by atoms with van der Waals surface area (Å²) in [6.45, 7) is 2.08. The van der Waals surface area contributed by atoms with Crippen molar-refractivity contribution in [2.45, 2.75) is 19.4 Å². The molecule has 0 radical (unpaired) electrons. The Morgan fingerprint density at radius 2 is 2.37 bits per heavy atom. The smallest absolute Gasteiger partial charge is 0.257 e. The van der Waals surface area contributed by atoms with Gasteiger partial charge in [0.2, 0.25) is 0 Å². The minimum atomic E-state index is -0.0809. The highest BCUT2D eigenvalue weighted by molar-refractivity contribution is 9.10. The number of carbonyl (C=O) groups excluding carboxylic acids is 1. The van der Waals surface area contributed by atoms with E-state index in [1.807, 2.05) is 13.3 Å². The molecule has 0 spiro atoms. The van der Waals surface area contributed by atoms with Crippen molar-refractivity contribution in [3.8, 4) is 0 Å². The summed E-state index contributed by atoms with van der Waals surface area (Å²) in [7, 11) is 1.81. The molecule has 1 heterocycles. The Kier molecular flexibility index (Phi) is 6.60. The largest absolute Gasteiger partial charge is 0.338 e. The maximum atomic E-state index is 12.5. The molecule has 0 saturated carbocycles. The molecule has 1 aromatic heterocycles. The molecule has 0 saturated heterocycles. The van der Waals surface area contributed by atoms with Crippen LogP contribution in [0.2, 0.25) is 0 Å². The number of anilines is 1. The molecule has 7 heteroatoms. The number of nitrogens with zero attached hydrogens (tertiary/aromatic N) is 2. The summed E-state index contributed by atoms with van der Waals surface area (Å²) in [5.41, 5.74) is 2.93. The van der Waals surface area contributed by atoms with Gasteiger partial charge < -0.3 is 10.3 Å². The second kappa shape index (κ2) is 7.72. The molecule has 1 amide bonds. The zero-order valence-electron chi connectivity index (χ0n) is 11.3. The lowest BCUT2D eigenvalue weighted by Gasteiger charge is -2.27. The SMILES string of the molecule is CCC(CSC)N(C)C(=O)c1cc(Br)cnc1NN. The van der Waals surface area contributed by atoms with Crippen molar-refractivity contribution in [1.29, 1.82) is 0 Å². The van der Waals surface area contributed by atoms with E-state index in [-0.39, 0.29) is 11.9 Å². The number of aromatic nitrogens is 1. The summed E-state index contributed by atoms with van der Waals surface area (Å²) in [6, 6.07) is 1.93. The van der Waals surface area contributed by atoms with Crippen molar-refractivity contribution >= 4 is 39.4 Å². The fourth-order valence-electron chi connectivity index (χ4n) is 1.77. The van der Waals surface area contributed by atoms with Crippen molar-refractivity contribution in [3.63, 3.8) is 0 Å². The maximum absolute atomic E-state index is 12.5. The molecule has 0 aromatic carbocycles. The van der Waals surface area contributed by atoms with Crippen molar-refractivity contribution in [2.75, 3.05) is 24.5 Å².